The van der Waals surface area contributed by atoms with Crippen molar-refractivity contribution in [2.24, 2.45) is 5.92 Å². The van der Waals surface area contributed by atoms with Gasteiger partial charge in [-0.1, -0.05) is 12.8 Å². The molecule has 2 aliphatic rings. The number of nitrogens with one attached hydrogen (secondary N) is 2. The number of halogens is 2. The van der Waals surface area contributed by atoms with Crippen LogP contribution in [0.1, 0.15) is 37.7 Å². The van der Waals surface area contributed by atoms with Crippen LogP contribution in [-0.2, 0) is 4.79 Å². The highest BCUT2D eigenvalue weighted by Crippen LogP contribution is 2.33. The first-order valence-electron chi connectivity index (χ1n) is 7.46. The van der Waals surface area contributed by atoms with Crippen molar-refractivity contribution >= 4 is 24.0 Å². The van der Waals surface area contributed by atoms with Crippen LogP contribution in [0.5, 0.6) is 0 Å². The Morgan fingerprint density at radius 2 is 2.05 bits per heavy atom. The minimum Gasteiger partial charge on any atom is -0.325 e. The number of amides is 1. The molecular weight excluding hydrogens is 291 g/mol. The van der Waals surface area contributed by atoms with Gasteiger partial charge in [0.25, 0.3) is 0 Å². The summed E-state index contributed by atoms with van der Waals surface area (Å²) in [6, 6.07) is 4.98. The third kappa shape index (κ3) is 3.74. The Morgan fingerprint density at radius 3 is 2.76 bits per heavy atom. The zero-order chi connectivity index (χ0) is 14.1. The van der Waals surface area contributed by atoms with Crippen LogP contribution in [0.3, 0.4) is 0 Å². The van der Waals surface area contributed by atoms with E-state index in [-0.39, 0.29) is 30.2 Å². The maximum Gasteiger partial charge on any atom is 0.241 e. The lowest BCUT2D eigenvalue weighted by molar-refractivity contribution is -0.117. The normalized spacial score (nSPS) is 27.6. The zero-order valence-electron chi connectivity index (χ0n) is 12.2. The number of rotatable bonds is 2. The van der Waals surface area contributed by atoms with Gasteiger partial charge in [0, 0.05) is 11.7 Å². The second-order valence-electron chi connectivity index (χ2n) is 6.11. The number of fused-ring (bicyclic) bond motifs is 1. The fourth-order valence-electron chi connectivity index (χ4n) is 3.56. The number of benzene rings is 1. The topological polar surface area (TPSA) is 41.1 Å². The van der Waals surface area contributed by atoms with E-state index in [9.17, 15) is 9.18 Å². The van der Waals surface area contributed by atoms with Gasteiger partial charge in [0.1, 0.15) is 5.82 Å². The Balaban J connectivity index is 0.00000161. The van der Waals surface area contributed by atoms with E-state index in [4.69, 9.17) is 0 Å². The molecule has 21 heavy (non-hydrogen) atoms. The van der Waals surface area contributed by atoms with Crippen LogP contribution in [-0.4, -0.2) is 18.0 Å². The highest BCUT2D eigenvalue weighted by molar-refractivity contribution is 5.95. The van der Waals surface area contributed by atoms with Crippen LogP contribution in [0.4, 0.5) is 10.1 Å². The van der Waals surface area contributed by atoms with Crippen molar-refractivity contribution < 1.29 is 9.18 Å². The van der Waals surface area contributed by atoms with Crippen LogP contribution < -0.4 is 10.6 Å². The largest absolute Gasteiger partial charge is 0.325 e. The van der Waals surface area contributed by atoms with Gasteiger partial charge >= 0.3 is 0 Å². The lowest BCUT2D eigenvalue weighted by Crippen LogP contribution is -2.39. The van der Waals surface area contributed by atoms with Gasteiger partial charge in [0.15, 0.2) is 0 Å². The molecule has 2 N–H and O–H groups in total. The fraction of sp³-hybridized carbons (Fsp3) is 0.562. The monoisotopic (exact) mass is 312 g/mol. The summed E-state index contributed by atoms with van der Waals surface area (Å²) < 4.78 is 13.3. The Labute approximate surface area is 131 Å². The van der Waals surface area contributed by atoms with Gasteiger partial charge in [-0.2, -0.15) is 0 Å². The molecule has 3 rings (SSSR count). The minimum absolute atomic E-state index is 0. The van der Waals surface area contributed by atoms with E-state index in [2.05, 4.69) is 10.6 Å². The molecule has 0 spiro atoms. The standard InChI is InChI=1S/C16H21FN2O.ClH/c1-10-6-12(17)9-13(7-10)18-16(20)15-8-11-4-2-3-5-14(11)19-15;/h6-7,9,11,14-15,19H,2-5,8H2,1H3,(H,18,20);1H. The van der Waals surface area contributed by atoms with Gasteiger partial charge in [-0.25, -0.2) is 4.39 Å². The van der Waals surface area contributed by atoms with Crippen molar-refractivity contribution in [1.29, 1.82) is 0 Å². The zero-order valence-corrected chi connectivity index (χ0v) is 13.0. The molecular formula is C16H22ClFN2O. The quantitative estimate of drug-likeness (QED) is 0.878. The molecule has 3 unspecified atom stereocenters. The van der Waals surface area contributed by atoms with Crippen molar-refractivity contribution in [3.63, 3.8) is 0 Å². The number of hydrogen-bond donors (Lipinski definition) is 2. The second-order valence-corrected chi connectivity index (χ2v) is 6.11. The van der Waals surface area contributed by atoms with E-state index >= 15 is 0 Å². The van der Waals surface area contributed by atoms with Gasteiger partial charge < -0.3 is 10.6 Å². The van der Waals surface area contributed by atoms with E-state index in [1.54, 1.807) is 6.07 Å². The Bertz CT molecular complexity index is 489. The summed E-state index contributed by atoms with van der Waals surface area (Å²) in [5, 5.41) is 6.27. The first-order valence-corrected chi connectivity index (χ1v) is 7.46. The van der Waals surface area contributed by atoms with Crippen molar-refractivity contribution in [3.05, 3.63) is 29.6 Å². The Kier molecular flexibility index (Phi) is 5.22. The Hall–Kier alpha value is -1.13. The molecule has 1 aromatic carbocycles. The van der Waals surface area contributed by atoms with E-state index in [1.165, 1.54) is 37.8 Å². The summed E-state index contributed by atoms with van der Waals surface area (Å²) in [5.41, 5.74) is 1.36. The summed E-state index contributed by atoms with van der Waals surface area (Å²) >= 11 is 0. The van der Waals surface area contributed by atoms with E-state index < -0.39 is 0 Å². The van der Waals surface area contributed by atoms with E-state index in [0.717, 1.165) is 12.0 Å². The highest BCUT2D eigenvalue weighted by Gasteiger charge is 2.38. The first kappa shape index (κ1) is 16.2. The molecule has 5 heteroatoms. The third-order valence-electron chi connectivity index (χ3n) is 4.49. The molecule has 1 saturated carbocycles. The number of hydrogen-bond acceptors (Lipinski definition) is 2. The van der Waals surface area contributed by atoms with Gasteiger partial charge in [-0.15, -0.1) is 12.4 Å². The second kappa shape index (κ2) is 6.75. The molecule has 3 atom stereocenters. The molecule has 2 fully saturated rings. The smallest absolute Gasteiger partial charge is 0.241 e. The molecule has 1 amide bonds. The van der Waals surface area contributed by atoms with E-state index in [0.29, 0.717) is 17.6 Å². The number of aryl methyl sites for hydroxylation is 1. The highest BCUT2D eigenvalue weighted by atomic mass is 35.5. The van der Waals surface area contributed by atoms with Gasteiger partial charge in [-0.05, 0) is 55.9 Å². The van der Waals surface area contributed by atoms with Crippen molar-refractivity contribution in [2.45, 2.75) is 51.1 Å². The predicted molar refractivity (Wildman–Crippen MR) is 84.3 cm³/mol. The number of carbonyl (C=O) groups excluding carboxylic acids is 1. The SMILES string of the molecule is Cc1cc(F)cc(NC(=O)C2CC3CCCCC3N2)c1.Cl. The average molecular weight is 313 g/mol. The molecule has 1 heterocycles. The van der Waals surface area contributed by atoms with Crippen LogP contribution in [0.2, 0.25) is 0 Å². The van der Waals surface area contributed by atoms with Crippen LogP contribution in [0, 0.1) is 18.7 Å². The predicted octanol–water partition coefficient (Wildman–Crippen LogP) is 3.42. The maximum atomic E-state index is 13.3. The van der Waals surface area contributed by atoms with Gasteiger partial charge in [0.2, 0.25) is 5.91 Å². The molecule has 0 bridgehead atoms. The number of carbonyl (C=O) groups is 1. The minimum atomic E-state index is -0.312. The first-order chi connectivity index (χ1) is 9.61. The molecule has 1 aliphatic heterocycles. The molecule has 1 aromatic rings. The van der Waals surface area contributed by atoms with Gasteiger partial charge in [0.05, 0.1) is 6.04 Å². The van der Waals surface area contributed by atoms with Crippen LogP contribution in [0.25, 0.3) is 0 Å². The number of anilines is 1. The van der Waals surface area contributed by atoms with E-state index in [1.807, 2.05) is 6.92 Å². The lowest BCUT2D eigenvalue weighted by atomic mass is 9.85. The molecule has 1 saturated heterocycles. The summed E-state index contributed by atoms with van der Waals surface area (Å²) in [6.45, 7) is 1.82. The maximum absolute atomic E-state index is 13.3. The Morgan fingerprint density at radius 1 is 1.29 bits per heavy atom. The summed E-state index contributed by atoms with van der Waals surface area (Å²) in [5.74, 6) is 0.284. The lowest BCUT2D eigenvalue weighted by Gasteiger charge is -2.24. The molecule has 0 radical (unpaired) electrons. The molecule has 1 aliphatic carbocycles. The van der Waals surface area contributed by atoms with Crippen LogP contribution >= 0.6 is 12.4 Å². The van der Waals surface area contributed by atoms with Gasteiger partial charge in [-0.3, -0.25) is 4.79 Å². The molecule has 3 nitrogen and oxygen atoms in total. The molecule has 0 aromatic heterocycles. The summed E-state index contributed by atoms with van der Waals surface area (Å²) in [7, 11) is 0. The van der Waals surface area contributed by atoms with Crippen LogP contribution in [0.15, 0.2) is 18.2 Å². The van der Waals surface area contributed by atoms with Crippen molar-refractivity contribution in [3.8, 4) is 0 Å². The third-order valence-corrected chi connectivity index (χ3v) is 4.49. The molecule has 116 valence electrons. The van der Waals surface area contributed by atoms with Crippen molar-refractivity contribution in [1.82, 2.24) is 5.32 Å². The summed E-state index contributed by atoms with van der Waals surface area (Å²) in [6.07, 6.45) is 5.84. The fourth-order valence-corrected chi connectivity index (χ4v) is 3.56. The average Bonchev–Trinajstić information content (AvgIpc) is 2.81. The van der Waals surface area contributed by atoms with Crippen molar-refractivity contribution in [2.75, 3.05) is 5.32 Å². The summed E-state index contributed by atoms with van der Waals surface area (Å²) in [4.78, 5) is 12.3.